The van der Waals surface area contributed by atoms with E-state index in [1.165, 1.54) is 25.6 Å². The molecule has 2 aromatic rings. The van der Waals surface area contributed by atoms with Crippen LogP contribution in [0.2, 0.25) is 0 Å². The number of nitro groups is 1. The molecule has 0 unspecified atom stereocenters. The monoisotopic (exact) mass is 402 g/mol. The number of ether oxygens (including phenoxy) is 1. The fourth-order valence-electron chi connectivity index (χ4n) is 2.04. The molecular formula is C19H18N2O6S. The standard InChI is InChI=1S/C19H18N2O6S/c1-13(20-27-14(2)22)19(23)15-3-7-17(8-4-15)28-18-9-5-16(6-10-18)26-12-11-21(24)25/h3-10H,11-12H2,1-2H3/b20-13-. The van der Waals surface area contributed by atoms with Gasteiger partial charge in [0.25, 0.3) is 0 Å². The molecule has 0 saturated heterocycles. The van der Waals surface area contributed by atoms with E-state index in [-0.39, 0.29) is 24.6 Å². The summed E-state index contributed by atoms with van der Waals surface area (Å²) in [5, 5.41) is 13.8. The molecule has 0 heterocycles. The average molecular weight is 402 g/mol. The van der Waals surface area contributed by atoms with Gasteiger partial charge in [0.2, 0.25) is 12.3 Å². The number of ketones is 1. The maximum absolute atomic E-state index is 12.2. The molecule has 0 atom stereocenters. The molecule has 8 nitrogen and oxygen atoms in total. The van der Waals surface area contributed by atoms with Crippen molar-refractivity contribution in [1.82, 2.24) is 0 Å². The molecule has 0 spiro atoms. The lowest BCUT2D eigenvalue weighted by molar-refractivity contribution is -0.481. The van der Waals surface area contributed by atoms with Crippen LogP contribution in [-0.4, -0.2) is 35.5 Å². The van der Waals surface area contributed by atoms with Crippen molar-refractivity contribution in [2.24, 2.45) is 5.16 Å². The molecule has 9 heteroatoms. The number of oxime groups is 1. The average Bonchev–Trinajstić information content (AvgIpc) is 2.67. The SMILES string of the molecule is CC(=O)O/N=C(/C)C(=O)c1ccc(Sc2ccc(OCC[N+](=O)[O-])cc2)cc1. The molecule has 0 radical (unpaired) electrons. The predicted octanol–water partition coefficient (Wildman–Crippen LogP) is 3.62. The Labute approximate surface area is 165 Å². The van der Waals surface area contributed by atoms with Gasteiger partial charge in [-0.2, -0.15) is 0 Å². The van der Waals surface area contributed by atoms with E-state index in [9.17, 15) is 19.7 Å². The highest BCUT2D eigenvalue weighted by Gasteiger charge is 2.11. The van der Waals surface area contributed by atoms with Crippen LogP contribution in [0, 0.1) is 10.1 Å². The van der Waals surface area contributed by atoms with Crippen LogP contribution in [0.15, 0.2) is 63.5 Å². The van der Waals surface area contributed by atoms with Crippen LogP contribution >= 0.6 is 11.8 Å². The lowest BCUT2D eigenvalue weighted by Crippen LogP contribution is -2.11. The van der Waals surface area contributed by atoms with Gasteiger partial charge in [-0.25, -0.2) is 4.79 Å². The van der Waals surface area contributed by atoms with Gasteiger partial charge in [-0.15, -0.1) is 0 Å². The Kier molecular flexibility index (Phi) is 7.70. The zero-order valence-electron chi connectivity index (χ0n) is 15.3. The van der Waals surface area contributed by atoms with Crippen molar-refractivity contribution in [3.8, 4) is 5.75 Å². The minimum absolute atomic E-state index is 0.0230. The summed E-state index contributed by atoms with van der Waals surface area (Å²) in [4.78, 5) is 39.2. The van der Waals surface area contributed by atoms with E-state index in [1.54, 1.807) is 36.4 Å². The van der Waals surface area contributed by atoms with Crippen molar-refractivity contribution in [3.63, 3.8) is 0 Å². The number of carbonyl (C=O) groups is 2. The highest BCUT2D eigenvalue weighted by atomic mass is 32.2. The fraction of sp³-hybridized carbons (Fsp3) is 0.211. The van der Waals surface area contributed by atoms with Crippen molar-refractivity contribution in [1.29, 1.82) is 0 Å². The van der Waals surface area contributed by atoms with Gasteiger partial charge in [-0.05, 0) is 55.5 Å². The van der Waals surface area contributed by atoms with Crippen LogP contribution in [0.5, 0.6) is 5.75 Å². The molecule has 2 aromatic carbocycles. The number of benzene rings is 2. The summed E-state index contributed by atoms with van der Waals surface area (Å²) in [6.45, 7) is 2.46. The van der Waals surface area contributed by atoms with Gasteiger partial charge in [-0.1, -0.05) is 16.9 Å². The number of Topliss-reactive ketones (excluding diaryl/α,β-unsaturated/α-hetero) is 1. The Morgan fingerprint density at radius 2 is 1.61 bits per heavy atom. The minimum atomic E-state index is -0.590. The van der Waals surface area contributed by atoms with Crippen LogP contribution in [0.25, 0.3) is 0 Å². The smallest absolute Gasteiger partial charge is 0.331 e. The first-order valence-corrected chi connectivity index (χ1v) is 9.06. The third-order valence-corrected chi connectivity index (χ3v) is 4.37. The Morgan fingerprint density at radius 3 is 2.14 bits per heavy atom. The summed E-state index contributed by atoms with van der Waals surface area (Å²) < 4.78 is 5.29. The maximum atomic E-state index is 12.2. The molecule has 0 aliphatic carbocycles. The predicted molar refractivity (Wildman–Crippen MR) is 104 cm³/mol. The molecule has 146 valence electrons. The first-order valence-electron chi connectivity index (χ1n) is 8.24. The van der Waals surface area contributed by atoms with Crippen molar-refractivity contribution in [2.75, 3.05) is 13.2 Å². The van der Waals surface area contributed by atoms with Gasteiger partial charge in [0, 0.05) is 27.2 Å². The van der Waals surface area contributed by atoms with Crippen LogP contribution in [0.1, 0.15) is 24.2 Å². The van der Waals surface area contributed by atoms with Crippen LogP contribution in [0.4, 0.5) is 0 Å². The number of hydrogen-bond donors (Lipinski definition) is 0. The zero-order chi connectivity index (χ0) is 20.5. The van der Waals surface area contributed by atoms with Gasteiger partial charge < -0.3 is 9.57 Å². The van der Waals surface area contributed by atoms with Crippen molar-refractivity contribution < 1.29 is 24.1 Å². The summed E-state index contributed by atoms with van der Waals surface area (Å²) in [7, 11) is 0. The van der Waals surface area contributed by atoms with E-state index < -0.39 is 10.9 Å². The molecule has 2 rings (SSSR count). The molecule has 0 N–H and O–H groups in total. The zero-order valence-corrected chi connectivity index (χ0v) is 16.1. The number of hydrogen-bond acceptors (Lipinski definition) is 8. The lowest BCUT2D eigenvalue weighted by Gasteiger charge is -2.06. The second kappa shape index (κ2) is 10.2. The lowest BCUT2D eigenvalue weighted by atomic mass is 10.1. The van der Waals surface area contributed by atoms with Crippen LogP contribution in [0.3, 0.4) is 0 Å². The summed E-state index contributed by atoms with van der Waals surface area (Å²) >= 11 is 1.49. The molecular weight excluding hydrogens is 384 g/mol. The largest absolute Gasteiger partial charge is 0.487 e. The third-order valence-electron chi connectivity index (χ3n) is 3.36. The quantitative estimate of drug-likeness (QED) is 0.207. The molecule has 0 amide bonds. The topological polar surface area (TPSA) is 108 Å². The van der Waals surface area contributed by atoms with Crippen molar-refractivity contribution >= 4 is 29.2 Å². The third kappa shape index (κ3) is 6.84. The number of carbonyl (C=O) groups excluding carboxylic acids is 2. The Morgan fingerprint density at radius 1 is 1.04 bits per heavy atom. The Hall–Kier alpha value is -3.20. The van der Waals surface area contributed by atoms with Gasteiger partial charge in [0.15, 0.2) is 6.61 Å². The maximum Gasteiger partial charge on any atom is 0.331 e. The van der Waals surface area contributed by atoms with Crippen LogP contribution < -0.4 is 4.74 Å². The summed E-state index contributed by atoms with van der Waals surface area (Å²) in [5.41, 5.74) is 0.524. The van der Waals surface area contributed by atoms with Gasteiger partial charge in [-0.3, -0.25) is 14.9 Å². The number of nitrogens with zero attached hydrogens (tertiary/aromatic N) is 2. The molecule has 0 aromatic heterocycles. The molecule has 0 saturated carbocycles. The molecule has 0 fully saturated rings. The first kappa shape index (κ1) is 21.1. The van der Waals surface area contributed by atoms with Gasteiger partial charge in [0.1, 0.15) is 11.5 Å². The van der Waals surface area contributed by atoms with Crippen LogP contribution in [-0.2, 0) is 9.63 Å². The van der Waals surface area contributed by atoms with E-state index in [1.807, 2.05) is 12.1 Å². The molecule has 0 bridgehead atoms. The Bertz CT molecular complexity index is 878. The second-order valence-corrected chi connectivity index (χ2v) is 6.74. The van der Waals surface area contributed by atoms with Crippen molar-refractivity contribution in [3.05, 3.63) is 64.2 Å². The second-order valence-electron chi connectivity index (χ2n) is 5.59. The fourth-order valence-corrected chi connectivity index (χ4v) is 2.85. The molecule has 0 aliphatic heterocycles. The van der Waals surface area contributed by atoms with E-state index in [0.717, 1.165) is 9.79 Å². The number of rotatable bonds is 9. The summed E-state index contributed by atoms with van der Waals surface area (Å²) in [5.74, 6) is -0.350. The van der Waals surface area contributed by atoms with E-state index in [0.29, 0.717) is 11.3 Å². The Balaban J connectivity index is 1.95. The highest BCUT2D eigenvalue weighted by molar-refractivity contribution is 7.99. The van der Waals surface area contributed by atoms with Gasteiger partial charge in [0.05, 0.1) is 0 Å². The van der Waals surface area contributed by atoms with E-state index in [4.69, 9.17) is 4.74 Å². The summed E-state index contributed by atoms with van der Waals surface area (Å²) in [6, 6.07) is 14.1. The summed E-state index contributed by atoms with van der Waals surface area (Å²) in [6.07, 6.45) is 0. The van der Waals surface area contributed by atoms with Crippen molar-refractivity contribution in [2.45, 2.75) is 23.6 Å². The van der Waals surface area contributed by atoms with Gasteiger partial charge >= 0.3 is 5.97 Å². The normalized spacial score (nSPS) is 11.0. The first-order chi connectivity index (χ1) is 13.3. The highest BCUT2D eigenvalue weighted by Crippen LogP contribution is 2.29. The minimum Gasteiger partial charge on any atom is -0.487 e. The molecule has 28 heavy (non-hydrogen) atoms. The van der Waals surface area contributed by atoms with E-state index in [2.05, 4.69) is 9.99 Å². The van der Waals surface area contributed by atoms with E-state index >= 15 is 0 Å². The molecule has 0 aliphatic rings.